The average Bonchev–Trinajstić information content (AvgIpc) is 2.46. The van der Waals surface area contributed by atoms with Crippen molar-refractivity contribution in [1.82, 2.24) is 4.98 Å². The molecule has 3 heteroatoms. The number of aliphatic hydroxyl groups is 1. The molecule has 0 saturated carbocycles. The smallest absolute Gasteiger partial charge is 0.129 e. The maximum Gasteiger partial charge on any atom is 0.129 e. The van der Waals surface area contributed by atoms with Gasteiger partial charge in [-0.25, -0.2) is 4.98 Å². The number of piperidine rings is 1. The minimum Gasteiger partial charge on any atom is -0.394 e. The lowest BCUT2D eigenvalue weighted by molar-refractivity contribution is 0.239. The van der Waals surface area contributed by atoms with Crippen molar-refractivity contribution < 1.29 is 5.11 Å². The van der Waals surface area contributed by atoms with Gasteiger partial charge in [0.15, 0.2) is 0 Å². The summed E-state index contributed by atoms with van der Waals surface area (Å²) in [5, 5.41) is 10.6. The monoisotopic (exact) mass is 242 g/mol. The SMILES string of the molecule is OCC1CCCCN1c1ccc2ccccc2n1. The van der Waals surface area contributed by atoms with E-state index in [2.05, 4.69) is 23.1 Å². The van der Waals surface area contributed by atoms with Crippen LogP contribution in [0.2, 0.25) is 0 Å². The van der Waals surface area contributed by atoms with Crippen molar-refractivity contribution in [2.24, 2.45) is 0 Å². The van der Waals surface area contributed by atoms with Gasteiger partial charge in [-0.2, -0.15) is 0 Å². The van der Waals surface area contributed by atoms with E-state index in [1.165, 1.54) is 18.2 Å². The summed E-state index contributed by atoms with van der Waals surface area (Å²) in [4.78, 5) is 6.96. The Hall–Kier alpha value is -1.61. The third-order valence-corrected chi connectivity index (χ3v) is 3.72. The van der Waals surface area contributed by atoms with E-state index in [1.807, 2.05) is 18.2 Å². The zero-order valence-electron chi connectivity index (χ0n) is 10.4. The van der Waals surface area contributed by atoms with Crippen LogP contribution in [0.3, 0.4) is 0 Å². The molecule has 0 spiro atoms. The van der Waals surface area contributed by atoms with E-state index in [4.69, 9.17) is 4.98 Å². The molecule has 0 radical (unpaired) electrons. The van der Waals surface area contributed by atoms with Crippen LogP contribution in [0.4, 0.5) is 5.82 Å². The normalized spacial score (nSPS) is 20.3. The summed E-state index contributed by atoms with van der Waals surface area (Å²) in [6.45, 7) is 1.21. The second kappa shape index (κ2) is 4.94. The Balaban J connectivity index is 1.97. The number of fused-ring (bicyclic) bond motifs is 1. The molecule has 2 aromatic rings. The first kappa shape index (κ1) is 11.5. The summed E-state index contributed by atoms with van der Waals surface area (Å²) in [7, 11) is 0. The second-order valence-electron chi connectivity index (χ2n) is 4.89. The fraction of sp³-hybridized carbons (Fsp3) is 0.400. The van der Waals surface area contributed by atoms with Gasteiger partial charge in [-0.1, -0.05) is 18.2 Å². The van der Waals surface area contributed by atoms with Crippen molar-refractivity contribution in [3.05, 3.63) is 36.4 Å². The molecule has 1 aliphatic heterocycles. The number of hydrogen-bond acceptors (Lipinski definition) is 3. The molecule has 1 saturated heterocycles. The molecule has 0 amide bonds. The minimum absolute atomic E-state index is 0.217. The van der Waals surface area contributed by atoms with E-state index >= 15 is 0 Å². The maximum atomic E-state index is 9.47. The van der Waals surface area contributed by atoms with Gasteiger partial charge in [-0.3, -0.25) is 0 Å². The standard InChI is InChI=1S/C15H18N2O/c18-11-13-6-3-4-10-17(13)15-9-8-12-5-1-2-7-14(12)16-15/h1-2,5,7-9,13,18H,3-4,6,10-11H2. The molecule has 3 nitrogen and oxygen atoms in total. The van der Waals surface area contributed by atoms with Crippen LogP contribution in [0, 0.1) is 0 Å². The lowest BCUT2D eigenvalue weighted by atomic mass is 10.0. The van der Waals surface area contributed by atoms with Crippen molar-refractivity contribution in [2.45, 2.75) is 25.3 Å². The maximum absolute atomic E-state index is 9.47. The van der Waals surface area contributed by atoms with Crippen LogP contribution in [0.15, 0.2) is 36.4 Å². The molecule has 18 heavy (non-hydrogen) atoms. The second-order valence-corrected chi connectivity index (χ2v) is 4.89. The fourth-order valence-corrected chi connectivity index (χ4v) is 2.71. The average molecular weight is 242 g/mol. The highest BCUT2D eigenvalue weighted by Crippen LogP contribution is 2.24. The molecular weight excluding hydrogens is 224 g/mol. The van der Waals surface area contributed by atoms with Crippen LogP contribution in [0.5, 0.6) is 0 Å². The Kier molecular flexibility index (Phi) is 3.15. The van der Waals surface area contributed by atoms with Gasteiger partial charge in [0.05, 0.1) is 18.2 Å². The van der Waals surface area contributed by atoms with Gasteiger partial charge < -0.3 is 10.0 Å². The van der Waals surface area contributed by atoms with Crippen LogP contribution in [0.25, 0.3) is 10.9 Å². The summed E-state index contributed by atoms with van der Waals surface area (Å²) in [5.41, 5.74) is 1.03. The number of aromatic nitrogens is 1. The zero-order chi connectivity index (χ0) is 12.4. The molecule has 0 bridgehead atoms. The minimum atomic E-state index is 0.217. The molecule has 1 aliphatic rings. The quantitative estimate of drug-likeness (QED) is 0.879. The van der Waals surface area contributed by atoms with Crippen LogP contribution < -0.4 is 4.90 Å². The topological polar surface area (TPSA) is 36.4 Å². The highest BCUT2D eigenvalue weighted by molar-refractivity contribution is 5.80. The van der Waals surface area contributed by atoms with Crippen LogP contribution in [-0.4, -0.2) is 29.3 Å². The number of aliphatic hydroxyl groups excluding tert-OH is 1. The number of para-hydroxylation sites is 1. The summed E-state index contributed by atoms with van der Waals surface area (Å²) in [6, 6.07) is 12.6. The van der Waals surface area contributed by atoms with E-state index in [0.29, 0.717) is 0 Å². The number of benzene rings is 1. The predicted molar refractivity (Wildman–Crippen MR) is 73.8 cm³/mol. The Bertz CT molecular complexity index is 541. The van der Waals surface area contributed by atoms with E-state index in [9.17, 15) is 5.11 Å². The number of pyridine rings is 1. The van der Waals surface area contributed by atoms with Crippen LogP contribution in [0.1, 0.15) is 19.3 Å². The third-order valence-electron chi connectivity index (χ3n) is 3.72. The molecule has 1 N–H and O–H groups in total. The summed E-state index contributed by atoms with van der Waals surface area (Å²) < 4.78 is 0. The van der Waals surface area contributed by atoms with Gasteiger partial charge in [0, 0.05) is 11.9 Å². The first-order chi connectivity index (χ1) is 8.88. The molecule has 94 valence electrons. The molecule has 1 unspecified atom stereocenters. The first-order valence-corrected chi connectivity index (χ1v) is 6.62. The Morgan fingerprint density at radius 1 is 1.17 bits per heavy atom. The Morgan fingerprint density at radius 2 is 2.06 bits per heavy atom. The highest BCUT2D eigenvalue weighted by Gasteiger charge is 2.22. The lowest BCUT2D eigenvalue weighted by Gasteiger charge is -2.35. The van der Waals surface area contributed by atoms with Gasteiger partial charge >= 0.3 is 0 Å². The van der Waals surface area contributed by atoms with Gasteiger partial charge in [0.2, 0.25) is 0 Å². The Labute approximate surface area is 107 Å². The first-order valence-electron chi connectivity index (χ1n) is 6.62. The molecule has 1 atom stereocenters. The van der Waals surface area contributed by atoms with Gasteiger partial charge in [0.1, 0.15) is 5.82 Å². The lowest BCUT2D eigenvalue weighted by Crippen LogP contribution is -2.42. The third kappa shape index (κ3) is 2.06. The van der Waals surface area contributed by atoms with Crippen LogP contribution in [-0.2, 0) is 0 Å². The molecule has 1 fully saturated rings. The fourth-order valence-electron chi connectivity index (χ4n) is 2.71. The van der Waals surface area contributed by atoms with Crippen molar-refractivity contribution in [3.63, 3.8) is 0 Å². The van der Waals surface area contributed by atoms with Crippen molar-refractivity contribution in [3.8, 4) is 0 Å². The van der Waals surface area contributed by atoms with E-state index in [1.54, 1.807) is 0 Å². The summed E-state index contributed by atoms with van der Waals surface area (Å²) in [6.07, 6.45) is 3.45. The molecular formula is C15H18N2O. The summed E-state index contributed by atoms with van der Waals surface area (Å²) >= 11 is 0. The van der Waals surface area contributed by atoms with Crippen molar-refractivity contribution >= 4 is 16.7 Å². The molecule has 1 aromatic heterocycles. The van der Waals surface area contributed by atoms with E-state index in [0.717, 1.165) is 24.3 Å². The molecule has 1 aromatic carbocycles. The highest BCUT2D eigenvalue weighted by atomic mass is 16.3. The van der Waals surface area contributed by atoms with Crippen LogP contribution >= 0.6 is 0 Å². The largest absolute Gasteiger partial charge is 0.394 e. The number of nitrogens with zero attached hydrogens (tertiary/aromatic N) is 2. The molecule has 2 heterocycles. The molecule has 3 rings (SSSR count). The number of rotatable bonds is 2. The summed E-state index contributed by atoms with van der Waals surface area (Å²) in [5.74, 6) is 0.993. The van der Waals surface area contributed by atoms with Crippen molar-refractivity contribution in [1.29, 1.82) is 0 Å². The van der Waals surface area contributed by atoms with Crippen molar-refractivity contribution in [2.75, 3.05) is 18.1 Å². The number of hydrogen-bond donors (Lipinski definition) is 1. The zero-order valence-corrected chi connectivity index (χ0v) is 10.4. The van der Waals surface area contributed by atoms with E-state index < -0.39 is 0 Å². The van der Waals surface area contributed by atoms with Gasteiger partial charge in [0.25, 0.3) is 0 Å². The number of anilines is 1. The Morgan fingerprint density at radius 3 is 2.94 bits per heavy atom. The predicted octanol–water partition coefficient (Wildman–Crippen LogP) is 2.59. The van der Waals surface area contributed by atoms with E-state index in [-0.39, 0.29) is 12.6 Å². The molecule has 0 aliphatic carbocycles. The van der Waals surface area contributed by atoms with Gasteiger partial charge in [-0.05, 0) is 37.5 Å². The van der Waals surface area contributed by atoms with Gasteiger partial charge in [-0.15, -0.1) is 0 Å².